The highest BCUT2D eigenvalue weighted by Gasteiger charge is 2.35. The van der Waals surface area contributed by atoms with Crippen LogP contribution in [-0.4, -0.2) is 73.2 Å². The number of methoxy groups -OCH3 is 4. The van der Waals surface area contributed by atoms with Gasteiger partial charge in [-0.3, -0.25) is 13.9 Å². The molecule has 12 heteroatoms. The zero-order valence-corrected chi connectivity index (χ0v) is 25.4. The lowest BCUT2D eigenvalue weighted by Gasteiger charge is -2.33. The van der Waals surface area contributed by atoms with Gasteiger partial charge in [-0.1, -0.05) is 37.3 Å². The van der Waals surface area contributed by atoms with E-state index in [1.807, 2.05) is 30.3 Å². The Kier molecular flexibility index (Phi) is 11.0. The van der Waals surface area contributed by atoms with Crippen molar-refractivity contribution in [2.24, 2.45) is 0 Å². The van der Waals surface area contributed by atoms with E-state index in [4.69, 9.17) is 18.9 Å². The summed E-state index contributed by atoms with van der Waals surface area (Å²) in [4.78, 5) is 28.2. The van der Waals surface area contributed by atoms with Crippen LogP contribution in [0.1, 0.15) is 18.9 Å². The molecule has 1 atom stereocenters. The lowest BCUT2D eigenvalue weighted by atomic mass is 10.1. The van der Waals surface area contributed by atoms with Crippen molar-refractivity contribution in [1.29, 1.82) is 0 Å². The van der Waals surface area contributed by atoms with Gasteiger partial charge in [-0.2, -0.15) is 0 Å². The molecule has 0 radical (unpaired) electrons. The standard InChI is InChI=1S/C30H37N3O8S/c1-7-24(30(35)31-2)32(19-21-11-9-8-10-12-21)29(34)20-33(25-17-22(38-3)13-15-26(25)39-4)42(36,37)23-14-16-27(40-5)28(18-23)41-6/h8-18,24H,7,19-20H2,1-6H3,(H,31,35)/t24-/m0/s1. The third kappa shape index (κ3) is 7.06. The molecule has 3 aromatic carbocycles. The van der Waals surface area contributed by atoms with E-state index in [2.05, 4.69) is 5.32 Å². The predicted octanol–water partition coefficient (Wildman–Crippen LogP) is 3.47. The number of hydrogen-bond donors (Lipinski definition) is 1. The van der Waals surface area contributed by atoms with Gasteiger partial charge in [-0.25, -0.2) is 8.42 Å². The molecule has 0 aromatic heterocycles. The molecule has 0 aliphatic rings. The third-order valence-electron chi connectivity index (χ3n) is 6.70. The maximum absolute atomic E-state index is 14.3. The van der Waals surface area contributed by atoms with Gasteiger partial charge in [0.25, 0.3) is 10.0 Å². The molecular weight excluding hydrogens is 562 g/mol. The van der Waals surface area contributed by atoms with Crippen molar-refractivity contribution in [3.63, 3.8) is 0 Å². The molecule has 226 valence electrons. The zero-order chi connectivity index (χ0) is 30.9. The number of anilines is 1. The largest absolute Gasteiger partial charge is 0.497 e. The molecule has 42 heavy (non-hydrogen) atoms. The minimum Gasteiger partial charge on any atom is -0.497 e. The monoisotopic (exact) mass is 599 g/mol. The molecule has 0 saturated heterocycles. The summed E-state index contributed by atoms with van der Waals surface area (Å²) in [5, 5.41) is 2.61. The van der Waals surface area contributed by atoms with Gasteiger partial charge < -0.3 is 29.2 Å². The first-order valence-electron chi connectivity index (χ1n) is 13.2. The average molecular weight is 600 g/mol. The third-order valence-corrected chi connectivity index (χ3v) is 8.46. The molecule has 0 aliphatic heterocycles. The van der Waals surface area contributed by atoms with E-state index in [0.29, 0.717) is 17.9 Å². The number of ether oxygens (including phenoxy) is 4. The number of rotatable bonds is 14. The molecule has 1 N–H and O–H groups in total. The van der Waals surface area contributed by atoms with Crippen LogP contribution in [0, 0.1) is 0 Å². The molecule has 11 nitrogen and oxygen atoms in total. The van der Waals surface area contributed by atoms with Crippen molar-refractivity contribution in [3.8, 4) is 23.0 Å². The first kappa shape index (κ1) is 32.1. The summed E-state index contributed by atoms with van der Waals surface area (Å²) in [5.74, 6) is 0.116. The second-order valence-electron chi connectivity index (χ2n) is 9.11. The summed E-state index contributed by atoms with van der Waals surface area (Å²) in [5.41, 5.74) is 0.856. The maximum Gasteiger partial charge on any atom is 0.265 e. The molecule has 0 bridgehead atoms. The smallest absolute Gasteiger partial charge is 0.265 e. The van der Waals surface area contributed by atoms with Crippen molar-refractivity contribution in [1.82, 2.24) is 10.2 Å². The Labute approximate surface area is 247 Å². The minimum absolute atomic E-state index is 0.0765. The average Bonchev–Trinajstić information content (AvgIpc) is 3.02. The molecule has 0 spiro atoms. The van der Waals surface area contributed by atoms with Crippen molar-refractivity contribution < 1.29 is 37.0 Å². The highest BCUT2D eigenvalue weighted by molar-refractivity contribution is 7.92. The van der Waals surface area contributed by atoms with Crippen LogP contribution in [-0.2, 0) is 26.2 Å². The van der Waals surface area contributed by atoms with E-state index in [9.17, 15) is 18.0 Å². The number of amides is 2. The van der Waals surface area contributed by atoms with Crippen LogP contribution in [0.2, 0.25) is 0 Å². The molecule has 0 fully saturated rings. The fraction of sp³-hybridized carbons (Fsp3) is 0.333. The Morgan fingerprint density at radius 2 is 1.48 bits per heavy atom. The molecule has 0 aliphatic carbocycles. The summed E-state index contributed by atoms with van der Waals surface area (Å²) >= 11 is 0. The molecule has 3 rings (SSSR count). The number of likely N-dealkylation sites (N-methyl/N-ethyl adjacent to an activating group) is 1. The van der Waals surface area contributed by atoms with Gasteiger partial charge in [-0.05, 0) is 36.2 Å². The molecular formula is C30H37N3O8S. The van der Waals surface area contributed by atoms with Crippen molar-refractivity contribution in [2.45, 2.75) is 30.8 Å². The van der Waals surface area contributed by atoms with Crippen molar-refractivity contribution >= 4 is 27.5 Å². The van der Waals surface area contributed by atoms with E-state index < -0.39 is 28.5 Å². The lowest BCUT2D eigenvalue weighted by molar-refractivity contribution is -0.140. The number of carbonyl (C=O) groups is 2. The quantitative estimate of drug-likeness (QED) is 0.299. The first-order valence-corrected chi connectivity index (χ1v) is 14.6. The summed E-state index contributed by atoms with van der Waals surface area (Å²) in [7, 11) is 2.75. The SMILES string of the molecule is CC[C@@H](C(=O)NC)N(Cc1ccccc1)C(=O)CN(c1cc(OC)ccc1OC)S(=O)(=O)c1ccc(OC)c(OC)c1. The van der Waals surface area contributed by atoms with Crippen LogP contribution in [0.3, 0.4) is 0 Å². The van der Waals surface area contributed by atoms with Crippen LogP contribution in [0.5, 0.6) is 23.0 Å². The number of hydrogen-bond acceptors (Lipinski definition) is 8. The Bertz CT molecular complexity index is 1480. The Balaban J connectivity index is 2.19. The summed E-state index contributed by atoms with van der Waals surface area (Å²) in [6.07, 6.45) is 0.309. The summed E-state index contributed by atoms with van der Waals surface area (Å²) in [6, 6.07) is 17.1. The fourth-order valence-corrected chi connectivity index (χ4v) is 5.91. The van der Waals surface area contributed by atoms with Crippen molar-refractivity contribution in [2.75, 3.05) is 46.3 Å². The van der Waals surface area contributed by atoms with Gasteiger partial charge in [-0.15, -0.1) is 0 Å². The second kappa shape index (κ2) is 14.4. The molecule has 0 unspecified atom stereocenters. The Hall–Kier alpha value is -4.45. The summed E-state index contributed by atoms with van der Waals surface area (Å²) < 4.78 is 51.0. The fourth-order valence-electron chi connectivity index (χ4n) is 4.48. The predicted molar refractivity (Wildman–Crippen MR) is 159 cm³/mol. The van der Waals surface area contributed by atoms with E-state index in [1.54, 1.807) is 19.1 Å². The van der Waals surface area contributed by atoms with Gasteiger partial charge >= 0.3 is 0 Å². The van der Waals surface area contributed by atoms with Crippen LogP contribution >= 0.6 is 0 Å². The van der Waals surface area contributed by atoms with Crippen LogP contribution in [0.4, 0.5) is 5.69 Å². The number of sulfonamides is 1. The normalized spacial score (nSPS) is 11.7. The van der Waals surface area contributed by atoms with E-state index in [0.717, 1.165) is 9.87 Å². The Morgan fingerprint density at radius 1 is 0.833 bits per heavy atom. The highest BCUT2D eigenvalue weighted by atomic mass is 32.2. The van der Waals surface area contributed by atoms with E-state index in [1.165, 1.54) is 64.7 Å². The number of nitrogens with zero attached hydrogens (tertiary/aromatic N) is 2. The Morgan fingerprint density at radius 3 is 2.05 bits per heavy atom. The van der Waals surface area contributed by atoms with Crippen LogP contribution in [0.15, 0.2) is 71.6 Å². The van der Waals surface area contributed by atoms with Crippen LogP contribution < -0.4 is 28.6 Å². The molecule has 0 saturated carbocycles. The second-order valence-corrected chi connectivity index (χ2v) is 11.0. The maximum atomic E-state index is 14.3. The van der Waals surface area contributed by atoms with E-state index in [-0.39, 0.29) is 34.5 Å². The number of benzene rings is 3. The highest BCUT2D eigenvalue weighted by Crippen LogP contribution is 2.37. The topological polar surface area (TPSA) is 124 Å². The number of nitrogens with one attached hydrogen (secondary N) is 1. The molecule has 2 amide bonds. The number of carbonyl (C=O) groups excluding carboxylic acids is 2. The van der Waals surface area contributed by atoms with Gasteiger partial charge in [0.2, 0.25) is 11.8 Å². The van der Waals surface area contributed by atoms with Gasteiger partial charge in [0.15, 0.2) is 11.5 Å². The van der Waals surface area contributed by atoms with Gasteiger partial charge in [0.05, 0.1) is 39.0 Å². The first-order chi connectivity index (χ1) is 20.1. The van der Waals surface area contributed by atoms with E-state index >= 15 is 0 Å². The van der Waals surface area contributed by atoms with Crippen molar-refractivity contribution in [3.05, 3.63) is 72.3 Å². The minimum atomic E-state index is -4.41. The van der Waals surface area contributed by atoms with Gasteiger partial charge in [0.1, 0.15) is 24.1 Å². The van der Waals surface area contributed by atoms with Gasteiger partial charge in [0, 0.05) is 25.7 Å². The zero-order valence-electron chi connectivity index (χ0n) is 24.6. The van der Waals surface area contributed by atoms with Crippen LogP contribution in [0.25, 0.3) is 0 Å². The molecule has 0 heterocycles. The summed E-state index contributed by atoms with van der Waals surface area (Å²) in [6.45, 7) is 1.24. The molecule has 3 aromatic rings. The lowest BCUT2D eigenvalue weighted by Crippen LogP contribution is -2.51.